The molecule has 1 fully saturated rings. The molecule has 1 heterocycles. The highest BCUT2D eigenvalue weighted by molar-refractivity contribution is 14.0. The summed E-state index contributed by atoms with van der Waals surface area (Å²) in [6.07, 6.45) is 2.33. The Morgan fingerprint density at radius 3 is 2.38 bits per heavy atom. The number of nitrogens with one attached hydrogen (secondary N) is 2. The fraction of sp³-hybridized carbons (Fsp3) is 0.632. The van der Waals surface area contributed by atoms with Gasteiger partial charge in [-0.1, -0.05) is 11.6 Å². The molecule has 0 saturated carbocycles. The highest BCUT2D eigenvalue weighted by Crippen LogP contribution is 2.16. The van der Waals surface area contributed by atoms with Crippen LogP contribution in [-0.4, -0.2) is 55.7 Å². The lowest BCUT2D eigenvalue weighted by atomic mass is 10.0. The van der Waals surface area contributed by atoms with Crippen LogP contribution in [0, 0.1) is 0 Å². The van der Waals surface area contributed by atoms with Gasteiger partial charge >= 0.3 is 0 Å². The molecule has 2 N–H and O–H groups in total. The van der Waals surface area contributed by atoms with E-state index in [2.05, 4.69) is 34.4 Å². The number of hydrogen-bond donors (Lipinski definition) is 2. The number of nitrogens with zero attached hydrogens (tertiary/aromatic N) is 2. The van der Waals surface area contributed by atoms with Crippen molar-refractivity contribution in [3.8, 4) is 5.75 Å². The van der Waals surface area contributed by atoms with Gasteiger partial charge in [-0.25, -0.2) is 0 Å². The van der Waals surface area contributed by atoms with E-state index in [9.17, 15) is 0 Å². The maximum atomic E-state index is 5.89. The molecule has 1 aromatic rings. The lowest BCUT2D eigenvalue weighted by molar-refractivity contribution is 0.167. The number of halogens is 2. The summed E-state index contributed by atoms with van der Waals surface area (Å²) in [6.45, 7) is 9.53. The maximum Gasteiger partial charge on any atom is 0.191 e. The van der Waals surface area contributed by atoms with Gasteiger partial charge in [0, 0.05) is 37.2 Å². The lowest BCUT2D eigenvalue weighted by Crippen LogP contribution is -2.50. The van der Waals surface area contributed by atoms with Crippen molar-refractivity contribution in [2.45, 2.75) is 51.8 Å². The molecule has 0 bridgehead atoms. The van der Waals surface area contributed by atoms with Crippen LogP contribution in [0.1, 0.15) is 33.6 Å². The molecule has 7 heteroatoms. The second-order valence-electron chi connectivity index (χ2n) is 6.88. The monoisotopic (exact) mass is 494 g/mol. The molecule has 1 aliphatic rings. The molecule has 0 amide bonds. The molecule has 26 heavy (non-hydrogen) atoms. The first-order valence-electron chi connectivity index (χ1n) is 9.11. The van der Waals surface area contributed by atoms with Crippen LogP contribution in [0.25, 0.3) is 0 Å². The summed E-state index contributed by atoms with van der Waals surface area (Å²) < 4.78 is 5.88. The molecule has 0 aliphatic carbocycles. The molecule has 148 valence electrons. The van der Waals surface area contributed by atoms with Gasteiger partial charge in [0.1, 0.15) is 11.9 Å². The van der Waals surface area contributed by atoms with Gasteiger partial charge in [0.15, 0.2) is 5.96 Å². The first-order chi connectivity index (χ1) is 12.0. The molecule has 1 aliphatic heterocycles. The van der Waals surface area contributed by atoms with Gasteiger partial charge in [0.25, 0.3) is 0 Å². The van der Waals surface area contributed by atoms with Gasteiger partial charge < -0.3 is 20.3 Å². The van der Waals surface area contributed by atoms with Crippen molar-refractivity contribution in [2.75, 3.05) is 26.7 Å². The summed E-state index contributed by atoms with van der Waals surface area (Å²) in [5.41, 5.74) is 0. The Morgan fingerprint density at radius 1 is 1.23 bits per heavy atom. The predicted molar refractivity (Wildman–Crippen MR) is 121 cm³/mol. The van der Waals surface area contributed by atoms with Crippen molar-refractivity contribution in [3.05, 3.63) is 29.3 Å². The molecule has 0 aromatic heterocycles. The molecule has 0 radical (unpaired) electrons. The Kier molecular flexibility index (Phi) is 10.6. The Morgan fingerprint density at radius 2 is 1.85 bits per heavy atom. The predicted octanol–water partition coefficient (Wildman–Crippen LogP) is 3.76. The quantitative estimate of drug-likeness (QED) is 0.359. The van der Waals surface area contributed by atoms with Crippen molar-refractivity contribution in [1.29, 1.82) is 0 Å². The standard InChI is InChI=1S/C19H31ClN4O.HI/c1-14(2)24-11-9-17(10-12-24)23-19(21-4)22-13-15(3)25-18-7-5-16(20)6-8-18;/h5-8,14-15,17H,9-13H2,1-4H3,(H2,21,22,23);1H. The highest BCUT2D eigenvalue weighted by atomic mass is 127. The van der Waals surface area contributed by atoms with E-state index in [0.717, 1.165) is 37.6 Å². The minimum Gasteiger partial charge on any atom is -0.489 e. The molecule has 0 spiro atoms. The third-order valence-electron chi connectivity index (χ3n) is 4.53. The fourth-order valence-electron chi connectivity index (χ4n) is 2.98. The van der Waals surface area contributed by atoms with E-state index in [-0.39, 0.29) is 30.1 Å². The maximum absolute atomic E-state index is 5.89. The molecule has 5 nitrogen and oxygen atoms in total. The second kappa shape index (κ2) is 11.9. The molecular formula is C19H32ClIN4O. The van der Waals surface area contributed by atoms with Gasteiger partial charge in [-0.15, -0.1) is 24.0 Å². The third kappa shape index (κ3) is 7.88. The number of rotatable bonds is 6. The average molecular weight is 495 g/mol. The van der Waals surface area contributed by atoms with E-state index in [0.29, 0.717) is 23.7 Å². The van der Waals surface area contributed by atoms with E-state index in [1.54, 1.807) is 0 Å². The Balaban J connectivity index is 0.00000338. The Hall–Kier alpha value is -0.730. The first kappa shape index (κ1) is 23.3. The molecule has 1 atom stereocenters. The van der Waals surface area contributed by atoms with Crippen molar-refractivity contribution >= 4 is 41.5 Å². The molecule has 1 unspecified atom stereocenters. The van der Waals surface area contributed by atoms with Crippen molar-refractivity contribution in [1.82, 2.24) is 15.5 Å². The highest BCUT2D eigenvalue weighted by Gasteiger charge is 2.21. The zero-order valence-corrected chi connectivity index (χ0v) is 19.3. The Bertz CT molecular complexity index is 545. The van der Waals surface area contributed by atoms with Crippen molar-refractivity contribution < 1.29 is 4.74 Å². The smallest absolute Gasteiger partial charge is 0.191 e. The van der Waals surface area contributed by atoms with E-state index >= 15 is 0 Å². The van der Waals surface area contributed by atoms with E-state index in [4.69, 9.17) is 16.3 Å². The SMILES string of the molecule is CN=C(NCC(C)Oc1ccc(Cl)cc1)NC1CCN(C(C)C)CC1.I. The van der Waals surface area contributed by atoms with Crippen LogP contribution in [0.5, 0.6) is 5.75 Å². The normalized spacial score (nSPS) is 17.5. The van der Waals surface area contributed by atoms with E-state index in [1.807, 2.05) is 38.2 Å². The van der Waals surface area contributed by atoms with Crippen LogP contribution in [0.2, 0.25) is 5.02 Å². The van der Waals surface area contributed by atoms with E-state index in [1.165, 1.54) is 0 Å². The van der Waals surface area contributed by atoms with Gasteiger partial charge in [0.05, 0.1) is 6.54 Å². The molecule has 2 rings (SSSR count). The summed E-state index contributed by atoms with van der Waals surface area (Å²) in [5, 5.41) is 7.60. The van der Waals surface area contributed by atoms with Crippen molar-refractivity contribution in [3.63, 3.8) is 0 Å². The number of likely N-dealkylation sites (tertiary alicyclic amines) is 1. The van der Waals surface area contributed by atoms with Gasteiger partial charge in [-0.3, -0.25) is 4.99 Å². The first-order valence-corrected chi connectivity index (χ1v) is 9.49. The summed E-state index contributed by atoms with van der Waals surface area (Å²) >= 11 is 5.89. The largest absolute Gasteiger partial charge is 0.489 e. The fourth-order valence-corrected chi connectivity index (χ4v) is 3.10. The molecule has 1 saturated heterocycles. The number of ether oxygens (including phenoxy) is 1. The van der Waals surface area contributed by atoms with Gasteiger partial charge in [0.2, 0.25) is 0 Å². The van der Waals surface area contributed by atoms with Crippen LogP contribution in [0.3, 0.4) is 0 Å². The third-order valence-corrected chi connectivity index (χ3v) is 4.78. The van der Waals surface area contributed by atoms with Crippen LogP contribution in [0.15, 0.2) is 29.3 Å². The zero-order chi connectivity index (χ0) is 18.2. The number of aliphatic imine (C=N–C) groups is 1. The minimum atomic E-state index is 0. The van der Waals surface area contributed by atoms with Gasteiger partial charge in [-0.05, 0) is 57.9 Å². The summed E-state index contributed by atoms with van der Waals surface area (Å²) in [6, 6.07) is 8.54. The molecule has 1 aromatic carbocycles. The number of benzene rings is 1. The summed E-state index contributed by atoms with van der Waals surface area (Å²) in [7, 11) is 1.81. The minimum absolute atomic E-state index is 0. The van der Waals surface area contributed by atoms with Crippen molar-refractivity contribution in [2.24, 2.45) is 4.99 Å². The number of piperidine rings is 1. The van der Waals surface area contributed by atoms with Crippen LogP contribution in [0.4, 0.5) is 0 Å². The average Bonchev–Trinajstić information content (AvgIpc) is 2.61. The zero-order valence-electron chi connectivity index (χ0n) is 16.2. The number of hydrogen-bond acceptors (Lipinski definition) is 3. The second-order valence-corrected chi connectivity index (χ2v) is 7.32. The summed E-state index contributed by atoms with van der Waals surface area (Å²) in [4.78, 5) is 6.86. The van der Waals surface area contributed by atoms with Crippen LogP contribution < -0.4 is 15.4 Å². The topological polar surface area (TPSA) is 48.9 Å². The van der Waals surface area contributed by atoms with Crippen LogP contribution in [-0.2, 0) is 0 Å². The van der Waals surface area contributed by atoms with E-state index < -0.39 is 0 Å². The lowest BCUT2D eigenvalue weighted by Gasteiger charge is -2.35. The molecular weight excluding hydrogens is 463 g/mol. The van der Waals surface area contributed by atoms with Gasteiger partial charge in [-0.2, -0.15) is 0 Å². The number of guanidine groups is 1. The van der Waals surface area contributed by atoms with Crippen LogP contribution >= 0.6 is 35.6 Å². The Labute approximate surface area is 179 Å². The summed E-state index contributed by atoms with van der Waals surface area (Å²) in [5.74, 6) is 1.66.